The largest absolute Gasteiger partial charge is 0.497 e. The lowest BCUT2D eigenvalue weighted by atomic mass is 10.2. The van der Waals surface area contributed by atoms with Crippen LogP contribution >= 0.6 is 11.8 Å². The van der Waals surface area contributed by atoms with Crippen LogP contribution in [0.1, 0.15) is 18.9 Å². The maximum Gasteiger partial charge on any atom is 0.282 e. The maximum absolute atomic E-state index is 13.2. The molecule has 0 saturated carbocycles. The third kappa shape index (κ3) is 5.20. The summed E-state index contributed by atoms with van der Waals surface area (Å²) < 4.78 is 6.78. The first-order valence-corrected chi connectivity index (χ1v) is 11.3. The Bertz CT molecular complexity index is 1330. The van der Waals surface area contributed by atoms with Crippen LogP contribution < -0.4 is 15.6 Å². The van der Waals surface area contributed by atoms with E-state index in [1.807, 2.05) is 49.4 Å². The minimum atomic E-state index is -0.473. The molecule has 0 unspecified atom stereocenters. The smallest absolute Gasteiger partial charge is 0.282 e. The minimum Gasteiger partial charge on any atom is -0.497 e. The summed E-state index contributed by atoms with van der Waals surface area (Å²) in [7, 11) is 1.58. The quantitative estimate of drug-likeness (QED) is 0.315. The number of ether oxygens (including phenoxy) is 1. The van der Waals surface area contributed by atoms with Crippen molar-refractivity contribution < 1.29 is 9.53 Å². The Morgan fingerprint density at radius 3 is 2.67 bits per heavy atom. The monoisotopic (exact) mass is 461 g/mol. The van der Waals surface area contributed by atoms with E-state index in [2.05, 4.69) is 20.3 Å². The number of thioether (sulfide) groups is 1. The number of carbonyl (C=O) groups is 1. The second-order valence-electron chi connectivity index (χ2n) is 7.24. The maximum atomic E-state index is 13.2. The Morgan fingerprint density at radius 2 is 1.91 bits per heavy atom. The van der Waals surface area contributed by atoms with E-state index in [1.165, 1.54) is 24.2 Å². The molecule has 0 saturated heterocycles. The van der Waals surface area contributed by atoms with Crippen molar-refractivity contribution in [1.29, 1.82) is 0 Å². The molecule has 1 amide bonds. The van der Waals surface area contributed by atoms with Gasteiger partial charge >= 0.3 is 0 Å². The molecule has 2 aromatic carbocycles. The number of fused-ring (bicyclic) bond motifs is 1. The highest BCUT2D eigenvalue weighted by molar-refractivity contribution is 8.00. The van der Waals surface area contributed by atoms with Crippen molar-refractivity contribution >= 4 is 34.5 Å². The number of anilines is 1. The van der Waals surface area contributed by atoms with Gasteiger partial charge in [0.2, 0.25) is 5.91 Å². The number of rotatable bonds is 8. The van der Waals surface area contributed by atoms with Crippen LogP contribution in [-0.4, -0.2) is 37.8 Å². The number of aromatic nitrogens is 4. The minimum absolute atomic E-state index is 0.185. The Kier molecular flexibility index (Phi) is 6.99. The lowest BCUT2D eigenvalue weighted by Crippen LogP contribution is -2.29. The third-order valence-electron chi connectivity index (χ3n) is 4.99. The number of carbonyl (C=O) groups excluding carboxylic acids is 1. The fourth-order valence-electron chi connectivity index (χ4n) is 3.30. The average molecular weight is 462 g/mol. The first-order valence-electron chi connectivity index (χ1n) is 10.5. The number of nitrogens with zero attached hydrogens (tertiary/aromatic N) is 4. The summed E-state index contributed by atoms with van der Waals surface area (Å²) in [4.78, 5) is 39.3. The molecule has 2 aromatic heterocycles. The standard InChI is InChI=1S/C24H23N5O3S/c1-3-19(22(30)27-17-10-7-11-18(14-17)32-2)33-24-28-21-20(25-12-13-26-21)23(31)29(24)15-16-8-5-4-6-9-16/h4-14,19H,3,15H2,1-2H3,(H,27,30)/t19-/m0/s1. The van der Waals surface area contributed by atoms with Gasteiger partial charge in [-0.15, -0.1) is 0 Å². The van der Waals surface area contributed by atoms with Crippen molar-refractivity contribution in [3.8, 4) is 5.75 Å². The summed E-state index contributed by atoms with van der Waals surface area (Å²) in [6, 6.07) is 16.8. The van der Waals surface area contributed by atoms with Gasteiger partial charge in [0.15, 0.2) is 16.3 Å². The highest BCUT2D eigenvalue weighted by Crippen LogP contribution is 2.26. The average Bonchev–Trinajstić information content (AvgIpc) is 2.85. The van der Waals surface area contributed by atoms with E-state index in [4.69, 9.17) is 4.74 Å². The van der Waals surface area contributed by atoms with E-state index in [0.717, 1.165) is 5.56 Å². The third-order valence-corrected chi connectivity index (χ3v) is 6.35. The predicted molar refractivity (Wildman–Crippen MR) is 129 cm³/mol. The molecule has 0 fully saturated rings. The molecule has 0 bridgehead atoms. The van der Waals surface area contributed by atoms with Gasteiger partial charge in [-0.25, -0.2) is 15.0 Å². The molecule has 1 N–H and O–H groups in total. The molecule has 0 aliphatic heterocycles. The molecular formula is C24H23N5O3S. The van der Waals surface area contributed by atoms with Gasteiger partial charge in [-0.3, -0.25) is 14.2 Å². The zero-order valence-electron chi connectivity index (χ0n) is 18.3. The van der Waals surface area contributed by atoms with Crippen LogP contribution in [-0.2, 0) is 11.3 Å². The Balaban J connectivity index is 1.67. The highest BCUT2D eigenvalue weighted by atomic mass is 32.2. The molecule has 4 aromatic rings. The topological polar surface area (TPSA) is 99.0 Å². The van der Waals surface area contributed by atoms with Gasteiger partial charge in [0.1, 0.15) is 5.75 Å². The molecule has 0 spiro atoms. The van der Waals surface area contributed by atoms with Crippen molar-refractivity contribution in [2.24, 2.45) is 0 Å². The summed E-state index contributed by atoms with van der Waals surface area (Å²) in [6.45, 7) is 2.23. The van der Waals surface area contributed by atoms with Crippen LogP contribution in [0.5, 0.6) is 5.75 Å². The van der Waals surface area contributed by atoms with Crippen LogP contribution in [0.3, 0.4) is 0 Å². The van der Waals surface area contributed by atoms with Gasteiger partial charge in [0.05, 0.1) is 18.9 Å². The first-order chi connectivity index (χ1) is 16.1. The molecule has 8 nitrogen and oxygen atoms in total. The Labute approximate surface area is 195 Å². The van der Waals surface area contributed by atoms with E-state index < -0.39 is 5.25 Å². The second-order valence-corrected chi connectivity index (χ2v) is 8.41. The van der Waals surface area contributed by atoms with Gasteiger partial charge in [-0.2, -0.15) is 0 Å². The molecule has 4 rings (SSSR count). The second kappa shape index (κ2) is 10.3. The number of nitrogens with one attached hydrogen (secondary N) is 1. The highest BCUT2D eigenvalue weighted by Gasteiger charge is 2.23. The fraction of sp³-hybridized carbons (Fsp3) is 0.208. The number of hydrogen-bond acceptors (Lipinski definition) is 7. The van der Waals surface area contributed by atoms with E-state index in [9.17, 15) is 9.59 Å². The van der Waals surface area contributed by atoms with Crippen molar-refractivity contribution in [2.75, 3.05) is 12.4 Å². The molecule has 168 valence electrons. The first kappa shape index (κ1) is 22.5. The van der Waals surface area contributed by atoms with E-state index in [0.29, 0.717) is 29.6 Å². The molecule has 9 heteroatoms. The van der Waals surface area contributed by atoms with Gasteiger partial charge < -0.3 is 10.1 Å². The van der Waals surface area contributed by atoms with Crippen LogP contribution in [0, 0.1) is 0 Å². The molecule has 2 heterocycles. The van der Waals surface area contributed by atoms with E-state index in [1.54, 1.807) is 23.8 Å². The van der Waals surface area contributed by atoms with Crippen LogP contribution in [0.2, 0.25) is 0 Å². The van der Waals surface area contributed by atoms with E-state index >= 15 is 0 Å². The zero-order valence-corrected chi connectivity index (χ0v) is 19.1. The van der Waals surface area contributed by atoms with E-state index in [-0.39, 0.29) is 22.6 Å². The molecular weight excluding hydrogens is 438 g/mol. The Hall–Kier alpha value is -3.72. The van der Waals surface area contributed by atoms with Gasteiger partial charge in [-0.1, -0.05) is 55.1 Å². The number of benzene rings is 2. The summed E-state index contributed by atoms with van der Waals surface area (Å²) in [5.74, 6) is 0.468. The number of hydrogen-bond donors (Lipinski definition) is 1. The molecule has 0 radical (unpaired) electrons. The summed E-state index contributed by atoms with van der Waals surface area (Å²) in [5.41, 5.74) is 1.75. The predicted octanol–water partition coefficient (Wildman–Crippen LogP) is 3.75. The normalized spacial score (nSPS) is 11.8. The van der Waals surface area contributed by atoms with Gasteiger partial charge in [0, 0.05) is 24.1 Å². The lowest BCUT2D eigenvalue weighted by Gasteiger charge is -2.18. The van der Waals surface area contributed by atoms with Crippen molar-refractivity contribution in [3.63, 3.8) is 0 Å². The summed E-state index contributed by atoms with van der Waals surface area (Å²) in [5, 5.41) is 2.87. The number of methoxy groups -OCH3 is 1. The summed E-state index contributed by atoms with van der Waals surface area (Å²) in [6.07, 6.45) is 3.51. The van der Waals surface area contributed by atoms with Crippen molar-refractivity contribution in [1.82, 2.24) is 19.5 Å². The van der Waals surface area contributed by atoms with Crippen molar-refractivity contribution in [2.45, 2.75) is 30.3 Å². The molecule has 0 aliphatic carbocycles. The van der Waals surface area contributed by atoms with Crippen LogP contribution in [0.15, 0.2) is 76.9 Å². The SMILES string of the molecule is CC[C@H](Sc1nc2nccnc2c(=O)n1Cc1ccccc1)C(=O)Nc1cccc(OC)c1. The van der Waals surface area contributed by atoms with Gasteiger partial charge in [-0.05, 0) is 24.1 Å². The van der Waals surface area contributed by atoms with Crippen molar-refractivity contribution in [3.05, 3.63) is 82.9 Å². The molecule has 33 heavy (non-hydrogen) atoms. The summed E-state index contributed by atoms with van der Waals surface area (Å²) >= 11 is 1.24. The number of amides is 1. The van der Waals surface area contributed by atoms with Crippen LogP contribution in [0.25, 0.3) is 11.2 Å². The Morgan fingerprint density at radius 1 is 1.12 bits per heavy atom. The fourth-order valence-corrected chi connectivity index (χ4v) is 4.30. The zero-order chi connectivity index (χ0) is 23.2. The van der Waals surface area contributed by atoms with Gasteiger partial charge in [0.25, 0.3) is 5.56 Å². The molecule has 1 atom stereocenters. The molecule has 0 aliphatic rings. The lowest BCUT2D eigenvalue weighted by molar-refractivity contribution is -0.115. The van der Waals surface area contributed by atoms with Crippen LogP contribution in [0.4, 0.5) is 5.69 Å².